The van der Waals surface area contributed by atoms with Crippen molar-refractivity contribution in [3.8, 4) is 0 Å². The molecule has 1 unspecified atom stereocenters. The number of rotatable bonds is 4. The van der Waals surface area contributed by atoms with Crippen LogP contribution in [0, 0.1) is 0 Å². The Bertz CT molecular complexity index is 1230. The summed E-state index contributed by atoms with van der Waals surface area (Å²) in [5.41, 5.74) is 3.14. The van der Waals surface area contributed by atoms with Crippen molar-refractivity contribution in [2.45, 2.75) is 50.5 Å². The maximum Gasteiger partial charge on any atom is 0.331 e. The van der Waals surface area contributed by atoms with Gasteiger partial charge in [0.1, 0.15) is 9.71 Å². The molecule has 6 rings (SSSR count). The second-order valence-electron chi connectivity index (χ2n) is 9.02. The zero-order valence-electron chi connectivity index (χ0n) is 18.3. The van der Waals surface area contributed by atoms with Gasteiger partial charge >= 0.3 is 6.03 Å². The van der Waals surface area contributed by atoms with Gasteiger partial charge in [-0.1, -0.05) is 12.8 Å². The third-order valence-electron chi connectivity index (χ3n) is 6.88. The van der Waals surface area contributed by atoms with E-state index in [9.17, 15) is 9.59 Å². The van der Waals surface area contributed by atoms with Crippen LogP contribution in [0.3, 0.4) is 0 Å². The maximum atomic E-state index is 13.3. The van der Waals surface area contributed by atoms with E-state index in [0.717, 1.165) is 66.1 Å². The minimum absolute atomic E-state index is 0.0951. The number of hydrogen-bond donors (Lipinski definition) is 3. The molecule has 8 nitrogen and oxygen atoms in total. The van der Waals surface area contributed by atoms with Crippen molar-refractivity contribution in [3.63, 3.8) is 0 Å². The fourth-order valence-corrected chi connectivity index (χ4v) is 6.27. The molecule has 170 valence electrons. The van der Waals surface area contributed by atoms with Crippen molar-refractivity contribution in [2.24, 2.45) is 0 Å². The van der Waals surface area contributed by atoms with E-state index in [-0.39, 0.29) is 18.0 Å². The lowest BCUT2D eigenvalue weighted by Gasteiger charge is -2.29. The number of piperidine rings is 1. The molecular formula is C24H26N6O2S. The average Bonchev–Trinajstić information content (AvgIpc) is 3.50. The molecular weight excluding hydrogens is 436 g/mol. The topological polar surface area (TPSA) is 99.2 Å². The molecule has 2 fully saturated rings. The lowest BCUT2D eigenvalue weighted by molar-refractivity contribution is 0.0935. The first-order valence-corrected chi connectivity index (χ1v) is 12.5. The molecule has 0 bridgehead atoms. The van der Waals surface area contributed by atoms with Crippen LogP contribution in [0.2, 0.25) is 0 Å². The lowest BCUT2D eigenvalue weighted by Crippen LogP contribution is -2.45. The number of nitrogens with one attached hydrogen (secondary N) is 3. The lowest BCUT2D eigenvalue weighted by atomic mass is 10.0. The number of aromatic nitrogens is 2. The fraction of sp³-hybridized carbons (Fsp3) is 0.417. The summed E-state index contributed by atoms with van der Waals surface area (Å²) in [5, 5.41) is 10.2. The Morgan fingerprint density at radius 2 is 1.97 bits per heavy atom. The van der Waals surface area contributed by atoms with Crippen LogP contribution in [0.15, 0.2) is 30.6 Å². The van der Waals surface area contributed by atoms with Crippen molar-refractivity contribution in [1.82, 2.24) is 20.6 Å². The predicted octanol–water partition coefficient (Wildman–Crippen LogP) is 4.51. The van der Waals surface area contributed by atoms with Crippen molar-refractivity contribution in [2.75, 3.05) is 23.3 Å². The monoisotopic (exact) mass is 462 g/mol. The molecule has 3 N–H and O–H groups in total. The zero-order chi connectivity index (χ0) is 22.4. The Balaban J connectivity index is 1.38. The molecule has 1 saturated heterocycles. The largest absolute Gasteiger partial charge is 0.347 e. The number of anilines is 3. The van der Waals surface area contributed by atoms with Gasteiger partial charge in [0.25, 0.3) is 5.91 Å². The van der Waals surface area contributed by atoms with Gasteiger partial charge in [-0.25, -0.2) is 9.78 Å². The Labute approximate surface area is 195 Å². The number of urea groups is 1. The summed E-state index contributed by atoms with van der Waals surface area (Å²) < 4.78 is 0. The molecule has 5 heterocycles. The summed E-state index contributed by atoms with van der Waals surface area (Å²) in [6.45, 7) is 1.75. The molecule has 3 aromatic heterocycles. The molecule has 3 aliphatic rings. The van der Waals surface area contributed by atoms with Crippen LogP contribution in [0.25, 0.3) is 10.2 Å². The van der Waals surface area contributed by atoms with Gasteiger partial charge in [-0.15, -0.1) is 11.3 Å². The van der Waals surface area contributed by atoms with Crippen LogP contribution >= 0.6 is 11.3 Å². The molecule has 0 spiro atoms. The Kier molecular flexibility index (Phi) is 5.22. The van der Waals surface area contributed by atoms with E-state index in [4.69, 9.17) is 0 Å². The van der Waals surface area contributed by atoms with E-state index in [2.05, 4.69) is 25.9 Å². The number of nitrogens with zero attached hydrogens (tertiary/aromatic N) is 3. The van der Waals surface area contributed by atoms with Gasteiger partial charge < -0.3 is 16.0 Å². The molecule has 9 heteroatoms. The average molecular weight is 463 g/mol. The van der Waals surface area contributed by atoms with Crippen LogP contribution in [0.1, 0.15) is 59.8 Å². The normalized spacial score (nSPS) is 20.8. The van der Waals surface area contributed by atoms with Gasteiger partial charge in [0.2, 0.25) is 0 Å². The third-order valence-corrected chi connectivity index (χ3v) is 7.98. The van der Waals surface area contributed by atoms with Crippen molar-refractivity contribution < 1.29 is 9.59 Å². The van der Waals surface area contributed by atoms with Crippen LogP contribution in [-0.2, 0) is 0 Å². The van der Waals surface area contributed by atoms with E-state index in [1.165, 1.54) is 24.2 Å². The van der Waals surface area contributed by atoms with E-state index < -0.39 is 0 Å². The highest BCUT2D eigenvalue weighted by Gasteiger charge is 2.33. The van der Waals surface area contributed by atoms with E-state index in [1.54, 1.807) is 17.3 Å². The van der Waals surface area contributed by atoms with Gasteiger partial charge in [-0.2, -0.15) is 0 Å². The molecule has 1 saturated carbocycles. The highest BCUT2D eigenvalue weighted by atomic mass is 32.1. The SMILES string of the molecule is O=C(NC1CCCNC1)c1sc2nccc3c2c1NC(=O)N3c1ccnc(C2CCCC2)c1. The highest BCUT2D eigenvalue weighted by Crippen LogP contribution is 2.46. The van der Waals surface area contributed by atoms with E-state index >= 15 is 0 Å². The molecule has 1 aliphatic carbocycles. The van der Waals surface area contributed by atoms with Crippen LogP contribution < -0.4 is 20.9 Å². The molecule has 0 radical (unpaired) electrons. The Morgan fingerprint density at radius 3 is 2.79 bits per heavy atom. The van der Waals surface area contributed by atoms with Crippen LogP contribution in [-0.4, -0.2) is 41.0 Å². The number of pyridine rings is 2. The summed E-state index contributed by atoms with van der Waals surface area (Å²) in [6.07, 6.45) is 10.2. The molecule has 3 aromatic rings. The molecule has 3 amide bonds. The zero-order valence-corrected chi connectivity index (χ0v) is 19.1. The standard InChI is InChI=1S/C24H26N6O2S/c31-22(28-15-6-3-9-25-13-15)21-20-19-18(8-11-27-23(19)33-21)30(24(32)29-20)16-7-10-26-17(12-16)14-4-1-2-5-14/h7-8,10-12,14-15,25H,1-6,9,13H2,(H,28,31)(H,29,32). The van der Waals surface area contributed by atoms with Crippen molar-refractivity contribution in [3.05, 3.63) is 41.2 Å². The molecule has 33 heavy (non-hydrogen) atoms. The number of amides is 3. The van der Waals surface area contributed by atoms with Crippen LogP contribution in [0.4, 0.5) is 21.9 Å². The quantitative estimate of drug-likeness (QED) is 0.530. The second-order valence-corrected chi connectivity index (χ2v) is 10.0. The first-order chi connectivity index (χ1) is 16.2. The van der Waals surface area contributed by atoms with Gasteiger partial charge in [0.15, 0.2) is 0 Å². The van der Waals surface area contributed by atoms with Crippen molar-refractivity contribution in [1.29, 1.82) is 0 Å². The van der Waals surface area contributed by atoms with Gasteiger partial charge in [-0.3, -0.25) is 14.7 Å². The van der Waals surface area contributed by atoms with E-state index in [0.29, 0.717) is 16.5 Å². The Morgan fingerprint density at radius 1 is 1.12 bits per heavy atom. The molecule has 1 atom stereocenters. The predicted molar refractivity (Wildman–Crippen MR) is 130 cm³/mol. The molecule has 2 aliphatic heterocycles. The third kappa shape index (κ3) is 3.65. The first kappa shape index (κ1) is 20.6. The summed E-state index contributed by atoms with van der Waals surface area (Å²) in [4.78, 5) is 38.5. The number of carbonyl (C=O) groups excluding carboxylic acids is 2. The summed E-state index contributed by atoms with van der Waals surface area (Å²) in [6, 6.07) is 5.57. The fourth-order valence-electron chi connectivity index (χ4n) is 5.25. The van der Waals surface area contributed by atoms with Gasteiger partial charge in [-0.05, 0) is 50.4 Å². The summed E-state index contributed by atoms with van der Waals surface area (Å²) in [7, 11) is 0. The van der Waals surface area contributed by atoms with Gasteiger partial charge in [0, 0.05) is 36.6 Å². The highest BCUT2D eigenvalue weighted by molar-refractivity contribution is 7.21. The minimum Gasteiger partial charge on any atom is -0.347 e. The van der Waals surface area contributed by atoms with Crippen LogP contribution in [0.5, 0.6) is 0 Å². The summed E-state index contributed by atoms with van der Waals surface area (Å²) in [5.74, 6) is 0.297. The summed E-state index contributed by atoms with van der Waals surface area (Å²) >= 11 is 1.32. The number of carbonyl (C=O) groups is 2. The smallest absolute Gasteiger partial charge is 0.331 e. The van der Waals surface area contributed by atoms with Crippen molar-refractivity contribution >= 4 is 50.6 Å². The number of thiophene rings is 1. The first-order valence-electron chi connectivity index (χ1n) is 11.7. The number of hydrogen-bond acceptors (Lipinski definition) is 6. The maximum absolute atomic E-state index is 13.3. The minimum atomic E-state index is -0.273. The van der Waals surface area contributed by atoms with E-state index in [1.807, 2.05) is 18.2 Å². The Hall–Kier alpha value is -3.04. The second kappa shape index (κ2) is 8.39. The van der Waals surface area contributed by atoms with Gasteiger partial charge in [0.05, 0.1) is 22.4 Å². The molecule has 0 aromatic carbocycles.